The summed E-state index contributed by atoms with van der Waals surface area (Å²) in [6, 6.07) is -0.748. The average molecular weight is 258 g/mol. The van der Waals surface area contributed by atoms with E-state index in [0.29, 0.717) is 0 Å². The van der Waals surface area contributed by atoms with Crippen molar-refractivity contribution in [2.45, 2.75) is 19.3 Å². The molecule has 0 bridgehead atoms. The SMILES string of the molecule is C=CCC1(C2C=CCC2)C(=O)NC(=O)NC1=O.[NaH]. The van der Waals surface area contributed by atoms with Crippen molar-refractivity contribution in [3.05, 3.63) is 24.8 Å². The van der Waals surface area contributed by atoms with Gasteiger partial charge in [-0.05, 0) is 19.3 Å². The number of hydrogen-bond acceptors (Lipinski definition) is 3. The minimum atomic E-state index is -1.22. The molecule has 1 aliphatic heterocycles. The van der Waals surface area contributed by atoms with E-state index < -0.39 is 23.3 Å². The van der Waals surface area contributed by atoms with E-state index in [9.17, 15) is 14.4 Å². The molecule has 1 heterocycles. The molecule has 1 atom stereocenters. The summed E-state index contributed by atoms with van der Waals surface area (Å²) in [5, 5.41) is 4.34. The number of rotatable bonds is 3. The molecule has 2 aliphatic rings. The molecule has 2 N–H and O–H groups in total. The molecule has 4 amide bonds. The maximum atomic E-state index is 12.0. The molecule has 0 radical (unpaired) electrons. The molecule has 1 fully saturated rings. The summed E-state index contributed by atoms with van der Waals surface area (Å²) < 4.78 is 0. The van der Waals surface area contributed by atoms with Gasteiger partial charge in [-0.3, -0.25) is 20.2 Å². The zero-order valence-electron chi connectivity index (χ0n) is 9.36. The van der Waals surface area contributed by atoms with E-state index in [0.717, 1.165) is 12.8 Å². The van der Waals surface area contributed by atoms with Gasteiger partial charge >= 0.3 is 35.6 Å². The first-order chi connectivity index (χ1) is 8.11. The summed E-state index contributed by atoms with van der Waals surface area (Å²) in [6.07, 6.45) is 7.18. The molecule has 0 aromatic heterocycles. The van der Waals surface area contributed by atoms with Crippen molar-refractivity contribution in [1.82, 2.24) is 10.6 Å². The molecular formula is C12H15N2NaO3. The van der Waals surface area contributed by atoms with Crippen LogP contribution >= 0.6 is 0 Å². The second-order valence-electron chi connectivity index (χ2n) is 4.31. The fraction of sp³-hybridized carbons (Fsp3) is 0.417. The van der Waals surface area contributed by atoms with Gasteiger partial charge in [-0.25, -0.2) is 4.79 Å². The Morgan fingerprint density at radius 3 is 2.39 bits per heavy atom. The Balaban J connectivity index is 0.00000162. The molecule has 0 saturated carbocycles. The number of urea groups is 1. The van der Waals surface area contributed by atoms with Crippen molar-refractivity contribution >= 4 is 47.4 Å². The summed E-state index contributed by atoms with van der Waals surface area (Å²) in [5.41, 5.74) is -1.22. The topological polar surface area (TPSA) is 75.3 Å². The number of nitrogens with one attached hydrogen (secondary N) is 2. The fourth-order valence-electron chi connectivity index (χ4n) is 2.51. The van der Waals surface area contributed by atoms with E-state index in [1.165, 1.54) is 0 Å². The van der Waals surface area contributed by atoms with E-state index in [1.807, 2.05) is 12.2 Å². The Kier molecular flexibility index (Phi) is 4.90. The van der Waals surface area contributed by atoms with E-state index in [2.05, 4.69) is 17.2 Å². The number of hydrogen-bond donors (Lipinski definition) is 2. The second kappa shape index (κ2) is 5.82. The first-order valence-electron chi connectivity index (χ1n) is 5.55. The average Bonchev–Trinajstić information content (AvgIpc) is 2.77. The van der Waals surface area contributed by atoms with E-state index >= 15 is 0 Å². The van der Waals surface area contributed by atoms with Crippen LogP contribution in [0.2, 0.25) is 0 Å². The maximum absolute atomic E-state index is 12.0. The molecule has 0 aromatic carbocycles. The van der Waals surface area contributed by atoms with Crippen LogP contribution in [0, 0.1) is 11.3 Å². The molecule has 0 spiro atoms. The van der Waals surface area contributed by atoms with Gasteiger partial charge in [0.1, 0.15) is 5.41 Å². The predicted molar refractivity (Wildman–Crippen MR) is 67.9 cm³/mol. The summed E-state index contributed by atoms with van der Waals surface area (Å²) in [5.74, 6) is -1.22. The molecule has 5 nitrogen and oxygen atoms in total. The van der Waals surface area contributed by atoms with Crippen molar-refractivity contribution in [3.8, 4) is 0 Å². The van der Waals surface area contributed by atoms with Gasteiger partial charge in [0.05, 0.1) is 0 Å². The Hall–Kier alpha value is -0.910. The van der Waals surface area contributed by atoms with Crippen LogP contribution in [0.15, 0.2) is 24.8 Å². The number of carbonyl (C=O) groups excluding carboxylic acids is 3. The van der Waals surface area contributed by atoms with Crippen LogP contribution in [0.1, 0.15) is 19.3 Å². The summed E-state index contributed by atoms with van der Waals surface area (Å²) in [6.45, 7) is 3.59. The van der Waals surface area contributed by atoms with E-state index in [4.69, 9.17) is 0 Å². The van der Waals surface area contributed by atoms with Gasteiger partial charge in [0.2, 0.25) is 11.8 Å². The molecule has 6 heteroatoms. The van der Waals surface area contributed by atoms with Crippen LogP contribution in [-0.2, 0) is 9.59 Å². The summed E-state index contributed by atoms with van der Waals surface area (Å²) in [4.78, 5) is 35.2. The molecule has 18 heavy (non-hydrogen) atoms. The third-order valence-corrected chi connectivity index (χ3v) is 3.38. The fourth-order valence-corrected chi connectivity index (χ4v) is 2.51. The Bertz CT molecular complexity index is 411. The zero-order valence-corrected chi connectivity index (χ0v) is 9.36. The third kappa shape index (κ3) is 2.30. The van der Waals surface area contributed by atoms with Crippen molar-refractivity contribution in [2.24, 2.45) is 11.3 Å². The van der Waals surface area contributed by atoms with Crippen molar-refractivity contribution in [1.29, 1.82) is 0 Å². The van der Waals surface area contributed by atoms with Gasteiger partial charge < -0.3 is 0 Å². The molecule has 1 aliphatic carbocycles. The van der Waals surface area contributed by atoms with Gasteiger partial charge in [0.15, 0.2) is 0 Å². The number of imide groups is 2. The molecule has 2 rings (SSSR count). The Morgan fingerprint density at radius 2 is 1.94 bits per heavy atom. The van der Waals surface area contributed by atoms with E-state index in [-0.39, 0.29) is 41.9 Å². The first kappa shape index (κ1) is 15.1. The van der Waals surface area contributed by atoms with Crippen LogP contribution in [0.4, 0.5) is 4.79 Å². The number of carbonyl (C=O) groups is 3. The van der Waals surface area contributed by atoms with Crippen LogP contribution in [-0.4, -0.2) is 47.4 Å². The molecule has 1 unspecified atom stereocenters. The quantitative estimate of drug-likeness (QED) is 0.432. The predicted octanol–water partition coefficient (Wildman–Crippen LogP) is 0.233. The van der Waals surface area contributed by atoms with Gasteiger partial charge in [-0.2, -0.15) is 0 Å². The van der Waals surface area contributed by atoms with Crippen molar-refractivity contribution < 1.29 is 14.4 Å². The standard InChI is InChI=1S/C12H14N2O3.Na.H/c1-2-7-12(8-5-3-4-6-8)9(15)13-11(17)14-10(12)16;;/h2-3,5,8H,1,4,6-7H2,(H2,13,14,15,16,17);;. The molecule has 92 valence electrons. The van der Waals surface area contributed by atoms with Crippen LogP contribution in [0.25, 0.3) is 0 Å². The van der Waals surface area contributed by atoms with Crippen molar-refractivity contribution in [3.63, 3.8) is 0 Å². The van der Waals surface area contributed by atoms with Gasteiger partial charge in [-0.1, -0.05) is 18.2 Å². The zero-order chi connectivity index (χ0) is 12.5. The number of barbiturate groups is 1. The van der Waals surface area contributed by atoms with Gasteiger partial charge in [0, 0.05) is 5.92 Å². The van der Waals surface area contributed by atoms with Crippen LogP contribution in [0.5, 0.6) is 0 Å². The number of allylic oxidation sites excluding steroid dienone is 3. The monoisotopic (exact) mass is 258 g/mol. The first-order valence-corrected chi connectivity index (χ1v) is 5.55. The van der Waals surface area contributed by atoms with Gasteiger partial charge in [0.25, 0.3) is 0 Å². The van der Waals surface area contributed by atoms with Gasteiger partial charge in [-0.15, -0.1) is 6.58 Å². The van der Waals surface area contributed by atoms with Crippen LogP contribution < -0.4 is 10.6 Å². The summed E-state index contributed by atoms with van der Waals surface area (Å²) in [7, 11) is 0. The van der Waals surface area contributed by atoms with Crippen molar-refractivity contribution in [2.75, 3.05) is 0 Å². The number of amides is 4. The molecular weight excluding hydrogens is 243 g/mol. The second-order valence-corrected chi connectivity index (χ2v) is 4.31. The Labute approximate surface area is 127 Å². The van der Waals surface area contributed by atoms with E-state index in [1.54, 1.807) is 6.08 Å². The third-order valence-electron chi connectivity index (χ3n) is 3.38. The Morgan fingerprint density at radius 1 is 1.33 bits per heavy atom. The summed E-state index contributed by atoms with van der Waals surface area (Å²) >= 11 is 0. The van der Waals surface area contributed by atoms with Crippen LogP contribution in [0.3, 0.4) is 0 Å². The molecule has 0 aromatic rings. The normalized spacial score (nSPS) is 25.1. The minimum absolute atomic E-state index is 0. The molecule has 1 saturated heterocycles.